The molecule has 3 nitrogen and oxygen atoms in total. The summed E-state index contributed by atoms with van der Waals surface area (Å²) in [7, 11) is 0. The van der Waals surface area contributed by atoms with Gasteiger partial charge in [0.2, 0.25) is 5.91 Å². The van der Waals surface area contributed by atoms with Gasteiger partial charge in [0, 0.05) is 10.8 Å². The fourth-order valence-electron chi connectivity index (χ4n) is 1.07. The number of nitrogens with two attached hydrogens (primary N) is 1. The van der Waals surface area contributed by atoms with Crippen LogP contribution >= 0.6 is 22.7 Å². The van der Waals surface area contributed by atoms with Gasteiger partial charge in [-0.15, -0.1) is 22.7 Å². The summed E-state index contributed by atoms with van der Waals surface area (Å²) in [5.41, 5.74) is 5.68. The molecule has 2 aromatic heterocycles. The van der Waals surface area contributed by atoms with Gasteiger partial charge in [0.25, 0.3) is 0 Å². The van der Waals surface area contributed by atoms with Crippen LogP contribution in [-0.4, -0.2) is 5.91 Å². The van der Waals surface area contributed by atoms with Crippen LogP contribution in [0.3, 0.4) is 0 Å². The third kappa shape index (κ3) is 1.20. The summed E-state index contributed by atoms with van der Waals surface area (Å²) >= 11 is 2.83. The van der Waals surface area contributed by atoms with Gasteiger partial charge in [0.15, 0.2) is 0 Å². The van der Waals surface area contributed by atoms with E-state index in [-0.39, 0.29) is 0 Å². The smallest absolute Gasteiger partial charge is 0.250 e. The molecule has 0 saturated carbocycles. The van der Waals surface area contributed by atoms with Crippen LogP contribution in [0.2, 0.25) is 0 Å². The SMILES string of the molecule is N#Cc1cc2c(C(N)=O)csc2s1. The molecule has 0 aromatic carbocycles. The number of rotatable bonds is 1. The maximum Gasteiger partial charge on any atom is 0.250 e. The van der Waals surface area contributed by atoms with Gasteiger partial charge in [0.1, 0.15) is 10.9 Å². The van der Waals surface area contributed by atoms with Gasteiger partial charge < -0.3 is 5.73 Å². The van der Waals surface area contributed by atoms with Crippen molar-refractivity contribution in [2.75, 3.05) is 0 Å². The summed E-state index contributed by atoms with van der Waals surface area (Å²) in [4.78, 5) is 11.5. The molecule has 0 aliphatic carbocycles. The topological polar surface area (TPSA) is 66.9 Å². The second-order valence-electron chi connectivity index (χ2n) is 2.44. The van der Waals surface area contributed by atoms with E-state index < -0.39 is 5.91 Å². The number of carbonyl (C=O) groups excluding carboxylic acids is 1. The zero-order valence-corrected chi connectivity index (χ0v) is 8.04. The summed E-state index contributed by atoms with van der Waals surface area (Å²) in [6.45, 7) is 0. The number of hydrogen-bond acceptors (Lipinski definition) is 4. The van der Waals surface area contributed by atoms with Gasteiger partial charge in [0.05, 0.1) is 9.58 Å². The van der Waals surface area contributed by atoms with E-state index in [9.17, 15) is 4.79 Å². The lowest BCUT2D eigenvalue weighted by molar-refractivity contribution is 0.100. The molecule has 13 heavy (non-hydrogen) atoms. The summed E-state index contributed by atoms with van der Waals surface area (Å²) in [6.07, 6.45) is 0. The zero-order valence-electron chi connectivity index (χ0n) is 6.40. The first kappa shape index (κ1) is 8.23. The maximum absolute atomic E-state index is 10.9. The van der Waals surface area contributed by atoms with E-state index in [1.165, 1.54) is 22.7 Å². The highest BCUT2D eigenvalue weighted by molar-refractivity contribution is 7.38. The predicted molar refractivity (Wildman–Crippen MR) is 52.9 cm³/mol. The Balaban J connectivity index is 2.74. The fourth-order valence-corrected chi connectivity index (χ4v) is 3.14. The lowest BCUT2D eigenvalue weighted by Crippen LogP contribution is -2.09. The van der Waals surface area contributed by atoms with Crippen LogP contribution in [0.5, 0.6) is 0 Å². The van der Waals surface area contributed by atoms with Gasteiger partial charge >= 0.3 is 0 Å². The molecule has 0 aliphatic rings. The third-order valence-corrected chi connectivity index (χ3v) is 3.81. The highest BCUT2D eigenvalue weighted by Gasteiger charge is 2.11. The van der Waals surface area contributed by atoms with Gasteiger partial charge in [-0.25, -0.2) is 0 Å². The van der Waals surface area contributed by atoms with E-state index in [0.29, 0.717) is 10.4 Å². The van der Waals surface area contributed by atoms with Crippen molar-refractivity contribution in [2.45, 2.75) is 0 Å². The highest BCUT2D eigenvalue weighted by atomic mass is 32.2. The average molecular weight is 208 g/mol. The van der Waals surface area contributed by atoms with E-state index >= 15 is 0 Å². The van der Waals surface area contributed by atoms with Crippen molar-refractivity contribution in [1.82, 2.24) is 0 Å². The van der Waals surface area contributed by atoms with Crippen molar-refractivity contribution < 1.29 is 4.79 Å². The van der Waals surface area contributed by atoms with Crippen molar-refractivity contribution in [1.29, 1.82) is 5.26 Å². The summed E-state index contributed by atoms with van der Waals surface area (Å²) < 4.78 is 0.977. The number of nitriles is 1. The van der Waals surface area contributed by atoms with Crippen LogP contribution in [0.15, 0.2) is 11.4 Å². The summed E-state index contributed by atoms with van der Waals surface area (Å²) in [5.74, 6) is -0.437. The normalized spacial score (nSPS) is 10.1. The van der Waals surface area contributed by atoms with E-state index in [2.05, 4.69) is 0 Å². The molecule has 2 rings (SSSR count). The summed E-state index contributed by atoms with van der Waals surface area (Å²) in [5, 5.41) is 11.2. The maximum atomic E-state index is 10.9. The Morgan fingerprint density at radius 3 is 3.00 bits per heavy atom. The first-order valence-corrected chi connectivity index (χ1v) is 5.13. The number of thiophene rings is 2. The van der Waals surface area contributed by atoms with Crippen LogP contribution in [0, 0.1) is 11.3 Å². The quantitative estimate of drug-likeness (QED) is 0.778. The van der Waals surface area contributed by atoms with Gasteiger partial charge in [-0.3, -0.25) is 4.79 Å². The number of primary amides is 1. The van der Waals surface area contributed by atoms with Crippen molar-refractivity contribution in [3.05, 3.63) is 21.9 Å². The molecule has 0 fully saturated rings. The predicted octanol–water partition coefficient (Wildman–Crippen LogP) is 1.93. The second kappa shape index (κ2) is 2.83. The molecule has 5 heteroatoms. The highest BCUT2D eigenvalue weighted by Crippen LogP contribution is 2.33. The molecule has 0 spiro atoms. The Kier molecular flexibility index (Phi) is 1.79. The number of hydrogen-bond donors (Lipinski definition) is 1. The van der Waals surface area contributed by atoms with Crippen LogP contribution in [0.1, 0.15) is 15.2 Å². The largest absolute Gasteiger partial charge is 0.366 e. The molecule has 2 aromatic rings. The molecule has 0 saturated heterocycles. The van der Waals surface area contributed by atoms with E-state index in [0.717, 1.165) is 9.40 Å². The Hall–Kier alpha value is -1.38. The number of carbonyl (C=O) groups is 1. The minimum Gasteiger partial charge on any atom is -0.366 e. The first-order valence-electron chi connectivity index (χ1n) is 3.43. The first-order chi connectivity index (χ1) is 6.22. The van der Waals surface area contributed by atoms with Gasteiger partial charge in [-0.05, 0) is 6.07 Å². The lowest BCUT2D eigenvalue weighted by Gasteiger charge is -1.85. The van der Waals surface area contributed by atoms with E-state index in [4.69, 9.17) is 11.0 Å². The molecule has 1 amide bonds. The molecular weight excluding hydrogens is 204 g/mol. The van der Waals surface area contributed by atoms with E-state index in [1.54, 1.807) is 11.4 Å². The van der Waals surface area contributed by atoms with Gasteiger partial charge in [-0.1, -0.05) is 0 Å². The van der Waals surface area contributed by atoms with Crippen LogP contribution in [0.25, 0.3) is 9.40 Å². The Morgan fingerprint density at radius 2 is 2.38 bits per heavy atom. The standard InChI is InChI=1S/C8H4N2OS2/c9-2-4-1-5-6(7(10)11)3-12-8(5)13-4/h1,3H,(H2,10,11). The molecule has 2 heterocycles. The Bertz CT molecular complexity index is 518. The molecule has 2 N–H and O–H groups in total. The number of amides is 1. The second-order valence-corrected chi connectivity index (χ2v) is 4.63. The Labute approximate surface area is 82.0 Å². The fraction of sp³-hybridized carbons (Fsp3) is 0. The monoisotopic (exact) mass is 208 g/mol. The molecule has 0 atom stereocenters. The van der Waals surface area contributed by atoms with Crippen molar-refractivity contribution in [2.24, 2.45) is 5.73 Å². The van der Waals surface area contributed by atoms with Gasteiger partial charge in [-0.2, -0.15) is 5.26 Å². The third-order valence-electron chi connectivity index (χ3n) is 1.65. The Morgan fingerprint density at radius 1 is 1.62 bits per heavy atom. The number of nitrogens with zero attached hydrogens (tertiary/aromatic N) is 1. The molecule has 0 aliphatic heterocycles. The molecule has 64 valence electrons. The van der Waals surface area contributed by atoms with E-state index in [1.807, 2.05) is 6.07 Å². The average Bonchev–Trinajstić information content (AvgIpc) is 2.59. The molecular formula is C8H4N2OS2. The molecule has 0 radical (unpaired) electrons. The van der Waals surface area contributed by atoms with Crippen molar-refractivity contribution in [3.63, 3.8) is 0 Å². The minimum atomic E-state index is -0.437. The molecule has 0 unspecified atom stereocenters. The lowest BCUT2D eigenvalue weighted by atomic mass is 10.2. The summed E-state index contributed by atoms with van der Waals surface area (Å²) in [6, 6.07) is 3.75. The van der Waals surface area contributed by atoms with Crippen LogP contribution in [0.4, 0.5) is 0 Å². The molecule has 0 bridgehead atoms. The van der Waals surface area contributed by atoms with Crippen molar-refractivity contribution >= 4 is 38.0 Å². The number of fused-ring (bicyclic) bond motifs is 1. The minimum absolute atomic E-state index is 0.437. The zero-order chi connectivity index (χ0) is 9.42. The van der Waals surface area contributed by atoms with Crippen molar-refractivity contribution in [3.8, 4) is 6.07 Å². The van der Waals surface area contributed by atoms with Crippen LogP contribution < -0.4 is 5.73 Å². The van der Waals surface area contributed by atoms with Crippen LogP contribution in [-0.2, 0) is 0 Å².